The van der Waals surface area contributed by atoms with Gasteiger partial charge in [0.2, 0.25) is 0 Å². The third kappa shape index (κ3) is 3.08. The summed E-state index contributed by atoms with van der Waals surface area (Å²) in [7, 11) is 0. The molecule has 0 aliphatic heterocycles. The molecule has 0 amide bonds. The molecule has 0 bridgehead atoms. The first kappa shape index (κ1) is 15.1. The van der Waals surface area contributed by atoms with Gasteiger partial charge in [-0.1, -0.05) is 38.1 Å². The number of benzene rings is 2. The van der Waals surface area contributed by atoms with Crippen LogP contribution in [0.5, 0.6) is 11.5 Å². The van der Waals surface area contributed by atoms with Crippen LogP contribution in [0.4, 0.5) is 0 Å². The molecule has 90 valence electrons. The van der Waals surface area contributed by atoms with Crippen molar-refractivity contribution in [3.05, 3.63) is 59.7 Å². The van der Waals surface area contributed by atoms with Gasteiger partial charge in [0.15, 0.2) is 0 Å². The maximum atomic E-state index is 9.30. The molecule has 0 aromatic heterocycles. The van der Waals surface area contributed by atoms with E-state index in [1.54, 1.807) is 24.3 Å². The second-order valence-corrected chi connectivity index (χ2v) is 4.72. The van der Waals surface area contributed by atoms with Crippen molar-refractivity contribution in [3.63, 3.8) is 0 Å². The van der Waals surface area contributed by atoms with E-state index < -0.39 is 0 Å². The van der Waals surface area contributed by atoms with E-state index in [1.165, 1.54) is 0 Å². The van der Waals surface area contributed by atoms with Crippen molar-refractivity contribution in [1.82, 2.24) is 0 Å². The Labute approximate surface area is 130 Å². The van der Waals surface area contributed by atoms with E-state index in [0.29, 0.717) is 0 Å². The van der Waals surface area contributed by atoms with E-state index in [0.717, 1.165) is 11.1 Å². The first-order valence-corrected chi connectivity index (χ1v) is 5.59. The zero-order valence-corrected chi connectivity index (χ0v) is 10.0. The Morgan fingerprint density at radius 3 is 1.22 bits per heavy atom. The van der Waals surface area contributed by atoms with Crippen LogP contribution in [0.2, 0.25) is 0 Å². The minimum atomic E-state index is -0.151. The number of phenolic OH excluding ortho intramolecular Hbond substituents is 2. The molecule has 0 heterocycles. The number of phenols is 2. The van der Waals surface area contributed by atoms with Crippen molar-refractivity contribution in [1.29, 1.82) is 0 Å². The summed E-state index contributed by atoms with van der Waals surface area (Å²) in [6.45, 7) is 4.23. The van der Waals surface area contributed by atoms with E-state index >= 15 is 0 Å². The van der Waals surface area contributed by atoms with Gasteiger partial charge in [-0.2, -0.15) is 0 Å². The number of aromatic hydroxyl groups is 2. The topological polar surface area (TPSA) is 40.5 Å². The molecule has 2 N–H and O–H groups in total. The van der Waals surface area contributed by atoms with Crippen LogP contribution in [0.15, 0.2) is 48.5 Å². The van der Waals surface area contributed by atoms with Crippen LogP contribution in [0, 0.1) is 0 Å². The van der Waals surface area contributed by atoms with E-state index in [4.69, 9.17) is 0 Å². The number of rotatable bonds is 2. The molecule has 2 aromatic rings. The Balaban J connectivity index is 0.00000162. The summed E-state index contributed by atoms with van der Waals surface area (Å²) in [4.78, 5) is 0. The predicted octanol–water partition coefficient (Wildman–Crippen LogP) is 2.78. The van der Waals surface area contributed by atoms with Crippen molar-refractivity contribution in [3.8, 4) is 11.5 Å². The molecular formula is C15H17NaO2. The van der Waals surface area contributed by atoms with E-state index in [9.17, 15) is 10.2 Å². The summed E-state index contributed by atoms with van der Waals surface area (Å²) in [6, 6.07) is 14.4. The van der Waals surface area contributed by atoms with E-state index in [-0.39, 0.29) is 46.5 Å². The zero-order chi connectivity index (χ0) is 12.5. The Morgan fingerprint density at radius 1 is 0.667 bits per heavy atom. The van der Waals surface area contributed by atoms with Crippen LogP contribution in [0.25, 0.3) is 0 Å². The molecule has 0 unspecified atom stereocenters. The van der Waals surface area contributed by atoms with Gasteiger partial charge in [-0.15, -0.1) is 0 Å². The van der Waals surface area contributed by atoms with Crippen LogP contribution in [0.1, 0.15) is 25.0 Å². The summed E-state index contributed by atoms with van der Waals surface area (Å²) < 4.78 is 0. The summed E-state index contributed by atoms with van der Waals surface area (Å²) in [6.07, 6.45) is 0. The van der Waals surface area contributed by atoms with Crippen LogP contribution in [-0.4, -0.2) is 39.8 Å². The molecule has 0 spiro atoms. The second-order valence-electron chi connectivity index (χ2n) is 4.72. The van der Waals surface area contributed by atoms with Gasteiger partial charge in [0.05, 0.1) is 0 Å². The SMILES string of the molecule is CC(C)(c1ccc(O)cc1)c1ccc(O)cc1.[NaH]. The monoisotopic (exact) mass is 252 g/mol. The molecule has 0 atom stereocenters. The third-order valence-corrected chi connectivity index (χ3v) is 3.18. The van der Waals surface area contributed by atoms with Crippen LogP contribution < -0.4 is 0 Å². The molecule has 2 aromatic carbocycles. The van der Waals surface area contributed by atoms with Gasteiger partial charge in [0.1, 0.15) is 11.5 Å². The molecule has 0 aliphatic rings. The first-order valence-electron chi connectivity index (χ1n) is 5.59. The number of hydrogen-bond acceptors (Lipinski definition) is 2. The van der Waals surface area contributed by atoms with Gasteiger partial charge >= 0.3 is 29.6 Å². The van der Waals surface area contributed by atoms with Gasteiger partial charge in [-0.05, 0) is 35.4 Å². The van der Waals surface area contributed by atoms with Crippen molar-refractivity contribution in [2.45, 2.75) is 19.3 Å². The van der Waals surface area contributed by atoms with Gasteiger partial charge < -0.3 is 10.2 Å². The quantitative estimate of drug-likeness (QED) is 0.807. The summed E-state index contributed by atoms with van der Waals surface area (Å²) >= 11 is 0. The number of hydrogen-bond donors (Lipinski definition) is 2. The maximum absolute atomic E-state index is 9.30. The Hall–Kier alpha value is -0.960. The Morgan fingerprint density at radius 2 is 0.944 bits per heavy atom. The van der Waals surface area contributed by atoms with Crippen molar-refractivity contribution in [2.24, 2.45) is 0 Å². The van der Waals surface area contributed by atoms with Crippen LogP contribution >= 0.6 is 0 Å². The predicted molar refractivity (Wildman–Crippen MR) is 75.5 cm³/mol. The van der Waals surface area contributed by atoms with Crippen molar-refractivity contribution < 1.29 is 10.2 Å². The minimum absolute atomic E-state index is 0. The van der Waals surface area contributed by atoms with Crippen LogP contribution in [-0.2, 0) is 5.41 Å². The summed E-state index contributed by atoms with van der Waals surface area (Å²) in [5, 5.41) is 18.6. The second kappa shape index (κ2) is 5.79. The molecular weight excluding hydrogens is 235 g/mol. The molecule has 2 nitrogen and oxygen atoms in total. The molecule has 0 aliphatic carbocycles. The molecule has 0 saturated carbocycles. The van der Waals surface area contributed by atoms with E-state index in [2.05, 4.69) is 13.8 Å². The molecule has 18 heavy (non-hydrogen) atoms. The standard InChI is InChI=1S/C15H16O2.Na.H/c1-15(2,11-3-7-13(16)8-4-11)12-5-9-14(17)10-6-12;;/h3-10,16-17H,1-2H3;;. The molecule has 2 rings (SSSR count). The average molecular weight is 252 g/mol. The Kier molecular flexibility index (Phi) is 4.85. The fourth-order valence-corrected chi connectivity index (χ4v) is 1.92. The molecule has 0 saturated heterocycles. The third-order valence-electron chi connectivity index (χ3n) is 3.18. The fourth-order valence-electron chi connectivity index (χ4n) is 1.92. The molecule has 0 fully saturated rings. The zero-order valence-electron chi connectivity index (χ0n) is 10.0. The van der Waals surface area contributed by atoms with Gasteiger partial charge in [0, 0.05) is 5.41 Å². The van der Waals surface area contributed by atoms with E-state index in [1.807, 2.05) is 24.3 Å². The van der Waals surface area contributed by atoms with Gasteiger partial charge in [-0.3, -0.25) is 0 Å². The van der Waals surface area contributed by atoms with Gasteiger partial charge in [-0.25, -0.2) is 0 Å². The average Bonchev–Trinajstić information content (AvgIpc) is 2.30. The van der Waals surface area contributed by atoms with Crippen molar-refractivity contribution in [2.75, 3.05) is 0 Å². The summed E-state index contributed by atoms with van der Waals surface area (Å²) in [5.41, 5.74) is 2.10. The van der Waals surface area contributed by atoms with Crippen molar-refractivity contribution >= 4 is 29.6 Å². The van der Waals surface area contributed by atoms with Gasteiger partial charge in [0.25, 0.3) is 0 Å². The first-order chi connectivity index (χ1) is 8.00. The van der Waals surface area contributed by atoms with Crippen LogP contribution in [0.3, 0.4) is 0 Å². The molecule has 3 heteroatoms. The Bertz CT molecular complexity index is 454. The fraction of sp³-hybridized carbons (Fsp3) is 0.200. The molecule has 0 radical (unpaired) electrons. The normalized spacial score (nSPS) is 10.8. The summed E-state index contributed by atoms with van der Waals surface area (Å²) in [5.74, 6) is 0.547.